The number of amides is 1. The van der Waals surface area contributed by atoms with Gasteiger partial charge < -0.3 is 5.32 Å². The molecule has 0 spiro atoms. The molecule has 4 heteroatoms. The largest absolute Gasteiger partial charge is 0.306 e. The third-order valence-corrected chi connectivity index (χ3v) is 5.73. The van der Waals surface area contributed by atoms with Crippen LogP contribution in [0.15, 0.2) is 84.9 Å². The van der Waals surface area contributed by atoms with E-state index in [2.05, 4.69) is 48.6 Å². The van der Waals surface area contributed by atoms with Crippen molar-refractivity contribution in [2.24, 2.45) is 0 Å². The van der Waals surface area contributed by atoms with Gasteiger partial charge in [0.05, 0.1) is 13.2 Å². The molecule has 1 fully saturated rings. The topological polar surface area (TPSA) is 41.6 Å². The van der Waals surface area contributed by atoms with Crippen molar-refractivity contribution in [1.82, 2.24) is 10.4 Å². The summed E-state index contributed by atoms with van der Waals surface area (Å²) in [5.74, 6) is -0.0605. The smallest absolute Gasteiger partial charge is 0.264 e. The quantitative estimate of drug-likeness (QED) is 0.514. The van der Waals surface area contributed by atoms with E-state index in [0.717, 1.165) is 35.2 Å². The van der Waals surface area contributed by atoms with Gasteiger partial charge in [0, 0.05) is 0 Å². The summed E-state index contributed by atoms with van der Waals surface area (Å²) in [6.07, 6.45) is 0.812. The lowest BCUT2D eigenvalue weighted by Crippen LogP contribution is -2.60. The zero-order valence-electron chi connectivity index (χ0n) is 16.8. The van der Waals surface area contributed by atoms with Crippen molar-refractivity contribution in [3.63, 3.8) is 0 Å². The normalized spacial score (nSPS) is 16.1. The molecule has 0 bridgehead atoms. The van der Waals surface area contributed by atoms with Crippen LogP contribution in [0.1, 0.15) is 28.7 Å². The number of nitrogens with one attached hydrogen (secondary N) is 1. The molecule has 1 atom stereocenters. The SMILES string of the molecule is CON(C(=O)[C@@H]1CCN1)C(c1ccccc1)(c1ccccc1)c1ccccc1C. The van der Waals surface area contributed by atoms with Crippen LogP contribution in [-0.4, -0.2) is 30.7 Å². The second-order valence-corrected chi connectivity index (χ2v) is 7.37. The highest BCUT2D eigenvalue weighted by Gasteiger charge is 2.48. The number of aryl methyl sites for hydroxylation is 1. The minimum atomic E-state index is -0.906. The van der Waals surface area contributed by atoms with Crippen molar-refractivity contribution in [3.8, 4) is 0 Å². The lowest BCUT2D eigenvalue weighted by atomic mass is 9.74. The van der Waals surface area contributed by atoms with Crippen molar-refractivity contribution in [2.45, 2.75) is 24.9 Å². The number of hydroxylamine groups is 2. The molecular formula is C25H26N2O2. The fourth-order valence-corrected chi connectivity index (χ4v) is 4.19. The fraction of sp³-hybridized carbons (Fsp3) is 0.240. The van der Waals surface area contributed by atoms with Gasteiger partial charge in [0.1, 0.15) is 5.54 Å². The molecule has 148 valence electrons. The van der Waals surface area contributed by atoms with E-state index in [0.29, 0.717) is 0 Å². The summed E-state index contributed by atoms with van der Waals surface area (Å²) in [6.45, 7) is 2.93. The van der Waals surface area contributed by atoms with Crippen molar-refractivity contribution in [1.29, 1.82) is 0 Å². The van der Waals surface area contributed by atoms with Crippen LogP contribution in [0.3, 0.4) is 0 Å². The molecular weight excluding hydrogens is 360 g/mol. The molecule has 29 heavy (non-hydrogen) atoms. The number of rotatable bonds is 6. The van der Waals surface area contributed by atoms with Gasteiger partial charge in [-0.05, 0) is 42.1 Å². The molecule has 0 saturated carbocycles. The first-order chi connectivity index (χ1) is 14.2. The molecule has 3 aromatic carbocycles. The van der Waals surface area contributed by atoms with Crippen LogP contribution < -0.4 is 5.32 Å². The van der Waals surface area contributed by atoms with Crippen molar-refractivity contribution < 1.29 is 9.63 Å². The molecule has 0 radical (unpaired) electrons. The van der Waals surface area contributed by atoms with Crippen LogP contribution in [0.25, 0.3) is 0 Å². The van der Waals surface area contributed by atoms with E-state index < -0.39 is 5.54 Å². The molecule has 1 N–H and O–H groups in total. The van der Waals surface area contributed by atoms with Crippen LogP contribution >= 0.6 is 0 Å². The van der Waals surface area contributed by atoms with Gasteiger partial charge in [-0.3, -0.25) is 9.63 Å². The van der Waals surface area contributed by atoms with E-state index in [9.17, 15) is 4.79 Å². The summed E-state index contributed by atoms with van der Waals surface area (Å²) in [7, 11) is 1.58. The highest BCUT2D eigenvalue weighted by Crippen LogP contribution is 2.44. The third kappa shape index (κ3) is 3.24. The first-order valence-corrected chi connectivity index (χ1v) is 9.98. The molecule has 4 nitrogen and oxygen atoms in total. The maximum absolute atomic E-state index is 13.6. The molecule has 1 heterocycles. The Hall–Kier alpha value is -2.95. The highest BCUT2D eigenvalue weighted by molar-refractivity contribution is 5.84. The number of nitrogens with zero attached hydrogens (tertiary/aromatic N) is 1. The predicted molar refractivity (Wildman–Crippen MR) is 114 cm³/mol. The number of hydrogen-bond donors (Lipinski definition) is 1. The van der Waals surface area contributed by atoms with Gasteiger partial charge in [-0.2, -0.15) is 0 Å². The number of carbonyl (C=O) groups excluding carboxylic acids is 1. The first kappa shape index (κ1) is 19.4. The molecule has 3 aromatic rings. The highest BCUT2D eigenvalue weighted by atomic mass is 16.7. The molecule has 1 saturated heterocycles. The molecule has 0 unspecified atom stereocenters. The van der Waals surface area contributed by atoms with E-state index in [4.69, 9.17) is 4.84 Å². The Morgan fingerprint density at radius 1 is 0.931 bits per heavy atom. The summed E-state index contributed by atoms with van der Waals surface area (Å²) in [4.78, 5) is 19.5. The molecule has 1 amide bonds. The van der Waals surface area contributed by atoms with E-state index in [-0.39, 0.29) is 11.9 Å². The van der Waals surface area contributed by atoms with Crippen LogP contribution in [0.5, 0.6) is 0 Å². The van der Waals surface area contributed by atoms with Crippen molar-refractivity contribution >= 4 is 5.91 Å². The summed E-state index contributed by atoms with van der Waals surface area (Å²) in [5, 5.41) is 4.80. The molecule has 4 rings (SSSR count). The molecule has 1 aliphatic heterocycles. The third-order valence-electron chi connectivity index (χ3n) is 5.73. The Morgan fingerprint density at radius 3 is 1.90 bits per heavy atom. The lowest BCUT2D eigenvalue weighted by molar-refractivity contribution is -0.202. The van der Waals surface area contributed by atoms with Gasteiger partial charge in [0.15, 0.2) is 0 Å². The van der Waals surface area contributed by atoms with Gasteiger partial charge in [-0.15, -0.1) is 0 Å². The maximum Gasteiger partial charge on any atom is 0.264 e. The van der Waals surface area contributed by atoms with Crippen LogP contribution in [0, 0.1) is 6.92 Å². The Balaban J connectivity index is 2.06. The molecule has 0 aromatic heterocycles. The van der Waals surface area contributed by atoms with Crippen LogP contribution in [0.2, 0.25) is 0 Å². The predicted octanol–water partition coefficient (Wildman–Crippen LogP) is 4.04. The Labute approximate surface area is 172 Å². The molecule has 1 aliphatic rings. The summed E-state index contributed by atoms with van der Waals surface area (Å²) < 4.78 is 0. The molecule has 0 aliphatic carbocycles. The standard InChI is InChI=1S/C25H26N2O2/c1-19-11-9-10-16-22(19)25(20-12-5-3-6-13-20,21-14-7-4-8-15-21)27(29-2)24(28)23-17-18-26-23/h3-16,23,26H,17-18H2,1-2H3/t23-/m0/s1. The number of benzene rings is 3. The van der Waals surface area contributed by atoms with E-state index in [1.165, 1.54) is 0 Å². The Kier molecular flexibility index (Phi) is 5.47. The van der Waals surface area contributed by atoms with Crippen LogP contribution in [0.4, 0.5) is 0 Å². The fourth-order valence-electron chi connectivity index (χ4n) is 4.19. The number of carbonyl (C=O) groups is 1. The van der Waals surface area contributed by atoms with E-state index in [1.807, 2.05) is 48.5 Å². The summed E-state index contributed by atoms with van der Waals surface area (Å²) >= 11 is 0. The minimum Gasteiger partial charge on any atom is -0.306 e. The summed E-state index contributed by atoms with van der Waals surface area (Å²) in [6, 6.07) is 28.2. The van der Waals surface area contributed by atoms with E-state index >= 15 is 0 Å². The second kappa shape index (κ2) is 8.19. The zero-order chi connectivity index (χ0) is 20.3. The van der Waals surface area contributed by atoms with Crippen molar-refractivity contribution in [2.75, 3.05) is 13.7 Å². The number of hydrogen-bond acceptors (Lipinski definition) is 3. The monoisotopic (exact) mass is 386 g/mol. The minimum absolute atomic E-state index is 0.0605. The van der Waals surface area contributed by atoms with Gasteiger partial charge in [-0.25, -0.2) is 5.06 Å². The second-order valence-electron chi connectivity index (χ2n) is 7.37. The zero-order valence-corrected chi connectivity index (χ0v) is 16.8. The van der Waals surface area contributed by atoms with Gasteiger partial charge in [-0.1, -0.05) is 84.9 Å². The average Bonchev–Trinajstić information content (AvgIpc) is 2.72. The summed E-state index contributed by atoms with van der Waals surface area (Å²) in [5.41, 5.74) is 3.17. The van der Waals surface area contributed by atoms with E-state index in [1.54, 1.807) is 12.2 Å². The lowest BCUT2D eigenvalue weighted by Gasteiger charge is -2.46. The van der Waals surface area contributed by atoms with Gasteiger partial charge in [0.2, 0.25) is 0 Å². The average molecular weight is 386 g/mol. The van der Waals surface area contributed by atoms with Crippen molar-refractivity contribution in [3.05, 3.63) is 107 Å². The Morgan fingerprint density at radius 2 is 1.45 bits per heavy atom. The first-order valence-electron chi connectivity index (χ1n) is 9.98. The Bertz CT molecular complexity index is 929. The van der Waals surface area contributed by atoms with Crippen LogP contribution in [-0.2, 0) is 15.2 Å². The maximum atomic E-state index is 13.6. The van der Waals surface area contributed by atoms with Gasteiger partial charge in [0.25, 0.3) is 5.91 Å². The van der Waals surface area contributed by atoms with Gasteiger partial charge >= 0.3 is 0 Å².